The van der Waals surface area contributed by atoms with Crippen molar-refractivity contribution in [1.29, 1.82) is 0 Å². The van der Waals surface area contributed by atoms with E-state index >= 15 is 0 Å². The maximum absolute atomic E-state index is 6.10. The minimum Gasteiger partial charge on any atom is -0.491 e. The first kappa shape index (κ1) is 21.9. The van der Waals surface area contributed by atoms with E-state index in [2.05, 4.69) is 13.8 Å². The lowest BCUT2D eigenvalue weighted by atomic mass is 10.0. The van der Waals surface area contributed by atoms with Crippen molar-refractivity contribution in [3.05, 3.63) is 36.4 Å². The highest BCUT2D eigenvalue weighted by molar-refractivity contribution is 5.73. The fourth-order valence-corrected chi connectivity index (χ4v) is 3.10. The van der Waals surface area contributed by atoms with Crippen LogP contribution in [0.4, 0.5) is 11.4 Å². The summed E-state index contributed by atoms with van der Waals surface area (Å²) < 4.78 is 11.8. The second kappa shape index (κ2) is 12.2. The monoisotopic (exact) mass is 384 g/mol. The Labute approximate surface area is 170 Å². The molecular formula is C24H36N2O2. The van der Waals surface area contributed by atoms with Gasteiger partial charge in [0.1, 0.15) is 11.5 Å². The molecule has 0 fully saturated rings. The first-order valence-corrected chi connectivity index (χ1v) is 10.7. The zero-order valence-electron chi connectivity index (χ0n) is 17.5. The lowest BCUT2D eigenvalue weighted by Crippen LogP contribution is -2.01. The standard InChI is InChI=1S/C24H36N2O2/c1-3-5-7-9-15-27-23-17-19(11-13-21(23)25)20-12-14-22(26)24(18-20)28-16-10-8-6-4-2/h11-14,17-18H,3-10,15-16,25-26H2,1-2H3. The summed E-state index contributed by atoms with van der Waals surface area (Å²) in [5, 5.41) is 0. The molecule has 0 unspecified atom stereocenters. The third-order valence-electron chi connectivity index (χ3n) is 4.87. The molecule has 0 aliphatic rings. The SMILES string of the molecule is CCCCCCOc1cc(-c2ccc(N)c(OCCCCCC)c2)ccc1N. The molecule has 154 valence electrons. The van der Waals surface area contributed by atoms with E-state index in [9.17, 15) is 0 Å². The summed E-state index contributed by atoms with van der Waals surface area (Å²) in [6, 6.07) is 11.8. The molecule has 0 aliphatic heterocycles. The van der Waals surface area contributed by atoms with Crippen molar-refractivity contribution in [1.82, 2.24) is 0 Å². The highest BCUT2D eigenvalue weighted by Gasteiger charge is 2.08. The van der Waals surface area contributed by atoms with Crippen LogP contribution in [0.25, 0.3) is 11.1 Å². The van der Waals surface area contributed by atoms with Crippen molar-refractivity contribution in [2.75, 3.05) is 24.7 Å². The number of nitrogen functional groups attached to an aromatic ring is 2. The highest BCUT2D eigenvalue weighted by Crippen LogP contribution is 2.33. The average Bonchev–Trinajstić information content (AvgIpc) is 2.70. The fraction of sp³-hybridized carbons (Fsp3) is 0.500. The third-order valence-corrected chi connectivity index (χ3v) is 4.87. The molecule has 0 heterocycles. The van der Waals surface area contributed by atoms with E-state index < -0.39 is 0 Å². The number of ether oxygens (including phenoxy) is 2. The van der Waals surface area contributed by atoms with Gasteiger partial charge >= 0.3 is 0 Å². The molecule has 28 heavy (non-hydrogen) atoms. The molecule has 0 aromatic heterocycles. The van der Waals surface area contributed by atoms with Crippen LogP contribution in [0.3, 0.4) is 0 Å². The zero-order valence-corrected chi connectivity index (χ0v) is 17.5. The second-order valence-electron chi connectivity index (χ2n) is 7.32. The first-order valence-electron chi connectivity index (χ1n) is 10.7. The Morgan fingerprint density at radius 1 is 0.607 bits per heavy atom. The van der Waals surface area contributed by atoms with Crippen molar-refractivity contribution in [3.63, 3.8) is 0 Å². The maximum atomic E-state index is 6.10. The van der Waals surface area contributed by atoms with Crippen LogP contribution in [0.15, 0.2) is 36.4 Å². The topological polar surface area (TPSA) is 70.5 Å². The Kier molecular flexibility index (Phi) is 9.53. The van der Waals surface area contributed by atoms with Gasteiger partial charge in [-0.25, -0.2) is 0 Å². The molecule has 0 aliphatic carbocycles. The van der Waals surface area contributed by atoms with Gasteiger partial charge in [0.15, 0.2) is 0 Å². The highest BCUT2D eigenvalue weighted by atomic mass is 16.5. The summed E-state index contributed by atoms with van der Waals surface area (Å²) in [5.74, 6) is 1.49. The van der Waals surface area contributed by atoms with Gasteiger partial charge in [-0.1, -0.05) is 64.5 Å². The Morgan fingerprint density at radius 3 is 1.43 bits per heavy atom. The van der Waals surface area contributed by atoms with E-state index in [4.69, 9.17) is 20.9 Å². The van der Waals surface area contributed by atoms with E-state index in [0.29, 0.717) is 24.6 Å². The lowest BCUT2D eigenvalue weighted by Gasteiger charge is -2.13. The van der Waals surface area contributed by atoms with Gasteiger partial charge in [-0.05, 0) is 48.2 Å². The fourth-order valence-electron chi connectivity index (χ4n) is 3.10. The van der Waals surface area contributed by atoms with Crippen molar-refractivity contribution in [2.24, 2.45) is 0 Å². The van der Waals surface area contributed by atoms with Gasteiger partial charge in [0, 0.05) is 0 Å². The molecule has 0 spiro atoms. The van der Waals surface area contributed by atoms with Crippen LogP contribution >= 0.6 is 0 Å². The Bertz CT molecular complexity index is 654. The van der Waals surface area contributed by atoms with Gasteiger partial charge in [0.05, 0.1) is 24.6 Å². The van der Waals surface area contributed by atoms with E-state index in [-0.39, 0.29) is 0 Å². The summed E-state index contributed by atoms with van der Waals surface area (Å²) in [4.78, 5) is 0. The van der Waals surface area contributed by atoms with Crippen LogP contribution in [-0.2, 0) is 0 Å². The number of unbranched alkanes of at least 4 members (excludes halogenated alkanes) is 6. The first-order chi connectivity index (χ1) is 13.7. The van der Waals surface area contributed by atoms with Crippen molar-refractivity contribution in [3.8, 4) is 22.6 Å². The van der Waals surface area contributed by atoms with Crippen molar-refractivity contribution < 1.29 is 9.47 Å². The van der Waals surface area contributed by atoms with Gasteiger partial charge in [-0.15, -0.1) is 0 Å². The molecule has 2 aromatic rings. The van der Waals surface area contributed by atoms with Gasteiger partial charge < -0.3 is 20.9 Å². The molecule has 4 heteroatoms. The Balaban J connectivity index is 2.03. The van der Waals surface area contributed by atoms with E-state index in [1.54, 1.807) is 0 Å². The van der Waals surface area contributed by atoms with Crippen LogP contribution in [-0.4, -0.2) is 13.2 Å². The summed E-state index contributed by atoms with van der Waals surface area (Å²) in [7, 11) is 0. The number of benzene rings is 2. The number of hydrogen-bond acceptors (Lipinski definition) is 4. The molecule has 0 bridgehead atoms. The Morgan fingerprint density at radius 2 is 1.04 bits per heavy atom. The van der Waals surface area contributed by atoms with Crippen molar-refractivity contribution in [2.45, 2.75) is 65.2 Å². The Hall–Kier alpha value is -2.36. The molecular weight excluding hydrogens is 348 g/mol. The number of nitrogens with two attached hydrogens (primary N) is 2. The number of anilines is 2. The lowest BCUT2D eigenvalue weighted by molar-refractivity contribution is 0.306. The smallest absolute Gasteiger partial charge is 0.142 e. The molecule has 0 saturated heterocycles. The van der Waals surface area contributed by atoms with Crippen LogP contribution in [0.1, 0.15) is 65.2 Å². The summed E-state index contributed by atoms with van der Waals surface area (Å²) in [6.45, 7) is 5.80. The number of rotatable bonds is 13. The van der Waals surface area contributed by atoms with E-state index in [0.717, 1.165) is 35.5 Å². The predicted octanol–water partition coefficient (Wildman–Crippen LogP) is 6.44. The van der Waals surface area contributed by atoms with E-state index in [1.165, 1.54) is 38.5 Å². The maximum Gasteiger partial charge on any atom is 0.142 e. The summed E-state index contributed by atoms with van der Waals surface area (Å²) in [5.41, 5.74) is 15.6. The minimum absolute atomic E-state index is 0.669. The molecule has 0 amide bonds. The van der Waals surface area contributed by atoms with Gasteiger partial charge in [0.2, 0.25) is 0 Å². The average molecular weight is 385 g/mol. The predicted molar refractivity (Wildman–Crippen MR) is 120 cm³/mol. The molecule has 4 nitrogen and oxygen atoms in total. The minimum atomic E-state index is 0.669. The van der Waals surface area contributed by atoms with Crippen LogP contribution in [0, 0.1) is 0 Å². The summed E-state index contributed by atoms with van der Waals surface area (Å²) in [6.07, 6.45) is 9.40. The molecule has 4 N–H and O–H groups in total. The van der Waals surface area contributed by atoms with Gasteiger partial charge in [-0.2, -0.15) is 0 Å². The largest absolute Gasteiger partial charge is 0.491 e. The summed E-state index contributed by atoms with van der Waals surface area (Å²) >= 11 is 0. The van der Waals surface area contributed by atoms with E-state index in [1.807, 2.05) is 36.4 Å². The van der Waals surface area contributed by atoms with Crippen LogP contribution in [0.2, 0.25) is 0 Å². The third kappa shape index (κ3) is 6.99. The van der Waals surface area contributed by atoms with Crippen LogP contribution in [0.5, 0.6) is 11.5 Å². The van der Waals surface area contributed by atoms with Gasteiger partial charge in [-0.3, -0.25) is 0 Å². The number of hydrogen-bond donors (Lipinski definition) is 2. The normalized spacial score (nSPS) is 10.8. The van der Waals surface area contributed by atoms with Crippen LogP contribution < -0.4 is 20.9 Å². The molecule has 0 saturated carbocycles. The van der Waals surface area contributed by atoms with Crippen molar-refractivity contribution >= 4 is 11.4 Å². The molecule has 2 aromatic carbocycles. The van der Waals surface area contributed by atoms with Gasteiger partial charge in [0.25, 0.3) is 0 Å². The molecule has 0 atom stereocenters. The molecule has 2 rings (SSSR count). The quantitative estimate of drug-likeness (QED) is 0.308. The second-order valence-corrected chi connectivity index (χ2v) is 7.32. The molecule has 0 radical (unpaired) electrons. The zero-order chi connectivity index (χ0) is 20.2.